The van der Waals surface area contributed by atoms with Crippen LogP contribution in [-0.2, 0) is 13.5 Å². The fourth-order valence-corrected chi connectivity index (χ4v) is 1.95. The number of amides is 1. The van der Waals surface area contributed by atoms with Crippen molar-refractivity contribution in [2.24, 2.45) is 7.05 Å². The van der Waals surface area contributed by atoms with Crippen molar-refractivity contribution in [1.29, 1.82) is 0 Å². The zero-order valence-electron chi connectivity index (χ0n) is 9.38. The molecule has 0 aliphatic heterocycles. The summed E-state index contributed by atoms with van der Waals surface area (Å²) in [5, 5.41) is 8.89. The second-order valence-corrected chi connectivity index (χ2v) is 4.49. The first-order chi connectivity index (χ1) is 8.15. The van der Waals surface area contributed by atoms with Gasteiger partial charge in [0.05, 0.1) is 6.20 Å². The van der Waals surface area contributed by atoms with E-state index >= 15 is 0 Å². The molecule has 0 atom stereocenters. The molecule has 0 aromatic carbocycles. The quantitative estimate of drug-likeness (QED) is 0.825. The SMILES string of the molecule is Cn1cc(CCNC(=O)c2csc(N)n2)cn1. The maximum absolute atomic E-state index is 11.6. The van der Waals surface area contributed by atoms with Crippen molar-refractivity contribution >= 4 is 22.4 Å². The van der Waals surface area contributed by atoms with Gasteiger partial charge in [-0.1, -0.05) is 0 Å². The lowest BCUT2D eigenvalue weighted by Crippen LogP contribution is -2.25. The molecule has 17 heavy (non-hydrogen) atoms. The van der Waals surface area contributed by atoms with Gasteiger partial charge < -0.3 is 11.1 Å². The van der Waals surface area contributed by atoms with Crippen LogP contribution in [0, 0.1) is 0 Å². The lowest BCUT2D eigenvalue weighted by atomic mass is 10.2. The summed E-state index contributed by atoms with van der Waals surface area (Å²) in [6, 6.07) is 0. The Morgan fingerprint density at radius 2 is 2.47 bits per heavy atom. The van der Waals surface area contributed by atoms with Crippen LogP contribution in [0.5, 0.6) is 0 Å². The number of anilines is 1. The van der Waals surface area contributed by atoms with Gasteiger partial charge in [-0.2, -0.15) is 5.10 Å². The fraction of sp³-hybridized carbons (Fsp3) is 0.300. The Hall–Kier alpha value is -1.89. The number of rotatable bonds is 4. The van der Waals surface area contributed by atoms with Crippen LogP contribution < -0.4 is 11.1 Å². The summed E-state index contributed by atoms with van der Waals surface area (Å²) >= 11 is 1.26. The number of carbonyl (C=O) groups is 1. The van der Waals surface area contributed by atoms with E-state index in [4.69, 9.17) is 5.73 Å². The molecule has 1 amide bonds. The molecular formula is C10H13N5OS. The van der Waals surface area contributed by atoms with Crippen LogP contribution in [-0.4, -0.2) is 27.2 Å². The molecule has 90 valence electrons. The van der Waals surface area contributed by atoms with Gasteiger partial charge in [0.2, 0.25) is 0 Å². The lowest BCUT2D eigenvalue weighted by Gasteiger charge is -2.00. The van der Waals surface area contributed by atoms with Crippen molar-refractivity contribution in [1.82, 2.24) is 20.1 Å². The molecule has 0 saturated heterocycles. The molecule has 2 aromatic rings. The summed E-state index contributed by atoms with van der Waals surface area (Å²) < 4.78 is 1.73. The van der Waals surface area contributed by atoms with Crippen molar-refractivity contribution in [3.8, 4) is 0 Å². The van der Waals surface area contributed by atoms with Gasteiger partial charge in [0.1, 0.15) is 5.69 Å². The van der Waals surface area contributed by atoms with Crippen LogP contribution in [0.25, 0.3) is 0 Å². The Morgan fingerprint density at radius 3 is 3.06 bits per heavy atom. The standard InChI is InChI=1S/C10H13N5OS/c1-15-5-7(4-13-15)2-3-12-9(16)8-6-17-10(11)14-8/h4-6H,2-3H2,1H3,(H2,11,14)(H,12,16). The number of hydrogen-bond acceptors (Lipinski definition) is 5. The number of nitrogens with zero attached hydrogens (tertiary/aromatic N) is 3. The lowest BCUT2D eigenvalue weighted by molar-refractivity contribution is 0.0950. The van der Waals surface area contributed by atoms with E-state index in [1.807, 2.05) is 13.2 Å². The first-order valence-corrected chi connectivity index (χ1v) is 6.00. The smallest absolute Gasteiger partial charge is 0.270 e. The zero-order chi connectivity index (χ0) is 12.3. The number of hydrogen-bond donors (Lipinski definition) is 2. The summed E-state index contributed by atoms with van der Waals surface area (Å²) in [4.78, 5) is 15.5. The predicted octanol–water partition coefficient (Wildman–Crippen LogP) is 0.431. The molecule has 7 heteroatoms. The summed E-state index contributed by atoms with van der Waals surface area (Å²) in [5.41, 5.74) is 6.92. The normalized spacial score (nSPS) is 10.4. The molecule has 2 heterocycles. The first-order valence-electron chi connectivity index (χ1n) is 5.12. The molecule has 0 radical (unpaired) electrons. The number of nitrogens with two attached hydrogens (primary N) is 1. The van der Waals surface area contributed by atoms with Crippen molar-refractivity contribution in [3.63, 3.8) is 0 Å². The minimum atomic E-state index is -0.193. The molecule has 2 rings (SSSR count). The highest BCUT2D eigenvalue weighted by Crippen LogP contribution is 2.10. The van der Waals surface area contributed by atoms with Crippen LogP contribution in [0.1, 0.15) is 16.1 Å². The van der Waals surface area contributed by atoms with E-state index in [0.29, 0.717) is 17.4 Å². The molecule has 2 aromatic heterocycles. The number of thiazole rings is 1. The van der Waals surface area contributed by atoms with Gasteiger partial charge in [-0.3, -0.25) is 9.48 Å². The van der Waals surface area contributed by atoms with E-state index in [-0.39, 0.29) is 5.91 Å². The summed E-state index contributed by atoms with van der Waals surface area (Å²) in [6.07, 6.45) is 4.46. The number of nitrogens with one attached hydrogen (secondary N) is 1. The molecule has 0 aliphatic carbocycles. The van der Waals surface area contributed by atoms with E-state index in [1.54, 1.807) is 16.3 Å². The maximum Gasteiger partial charge on any atom is 0.270 e. The van der Waals surface area contributed by atoms with Gasteiger partial charge in [0.25, 0.3) is 5.91 Å². The Kier molecular flexibility index (Phi) is 3.38. The number of aryl methyl sites for hydroxylation is 1. The highest BCUT2D eigenvalue weighted by Gasteiger charge is 2.08. The largest absolute Gasteiger partial charge is 0.375 e. The third kappa shape index (κ3) is 3.04. The third-order valence-electron chi connectivity index (χ3n) is 2.21. The van der Waals surface area contributed by atoms with Crippen molar-refractivity contribution in [2.45, 2.75) is 6.42 Å². The maximum atomic E-state index is 11.6. The zero-order valence-corrected chi connectivity index (χ0v) is 10.2. The van der Waals surface area contributed by atoms with Gasteiger partial charge in [-0.05, 0) is 12.0 Å². The van der Waals surface area contributed by atoms with E-state index < -0.39 is 0 Å². The minimum absolute atomic E-state index is 0.193. The molecule has 0 spiro atoms. The third-order valence-corrected chi connectivity index (χ3v) is 2.89. The van der Waals surface area contributed by atoms with Crippen LogP contribution in [0.15, 0.2) is 17.8 Å². The van der Waals surface area contributed by atoms with Crippen molar-refractivity contribution in [2.75, 3.05) is 12.3 Å². The summed E-state index contributed by atoms with van der Waals surface area (Å²) in [5.74, 6) is -0.193. The average molecular weight is 251 g/mol. The van der Waals surface area contributed by atoms with Crippen LogP contribution in [0.4, 0.5) is 5.13 Å². The molecule has 0 fully saturated rings. The fourth-order valence-electron chi connectivity index (χ4n) is 1.40. The first kappa shape index (κ1) is 11.6. The van der Waals surface area contributed by atoms with E-state index in [0.717, 1.165) is 12.0 Å². The number of carbonyl (C=O) groups excluding carboxylic acids is 1. The molecule has 0 unspecified atom stereocenters. The monoisotopic (exact) mass is 251 g/mol. The van der Waals surface area contributed by atoms with Crippen LogP contribution >= 0.6 is 11.3 Å². The van der Waals surface area contributed by atoms with E-state index in [9.17, 15) is 4.79 Å². The Bertz CT molecular complexity index is 518. The van der Waals surface area contributed by atoms with Gasteiger partial charge >= 0.3 is 0 Å². The molecule has 0 bridgehead atoms. The molecule has 3 N–H and O–H groups in total. The molecular weight excluding hydrogens is 238 g/mol. The van der Waals surface area contributed by atoms with Crippen molar-refractivity contribution in [3.05, 3.63) is 29.0 Å². The molecule has 6 nitrogen and oxygen atoms in total. The van der Waals surface area contributed by atoms with E-state index in [2.05, 4.69) is 15.4 Å². The highest BCUT2D eigenvalue weighted by atomic mass is 32.1. The second-order valence-electron chi connectivity index (χ2n) is 3.60. The molecule has 0 aliphatic rings. The topological polar surface area (TPSA) is 85.8 Å². The number of nitrogen functional groups attached to an aromatic ring is 1. The Balaban J connectivity index is 1.81. The minimum Gasteiger partial charge on any atom is -0.375 e. The van der Waals surface area contributed by atoms with Gasteiger partial charge in [-0.15, -0.1) is 11.3 Å². The predicted molar refractivity (Wildman–Crippen MR) is 65.8 cm³/mol. The van der Waals surface area contributed by atoms with Crippen LogP contribution in [0.3, 0.4) is 0 Å². The summed E-state index contributed by atoms with van der Waals surface area (Å²) in [7, 11) is 1.86. The van der Waals surface area contributed by atoms with Gasteiger partial charge in [0.15, 0.2) is 5.13 Å². The molecule has 0 saturated carbocycles. The Labute approximate surface area is 102 Å². The average Bonchev–Trinajstić information content (AvgIpc) is 2.88. The highest BCUT2D eigenvalue weighted by molar-refractivity contribution is 7.13. The number of aromatic nitrogens is 3. The van der Waals surface area contributed by atoms with E-state index in [1.165, 1.54) is 11.3 Å². The Morgan fingerprint density at radius 1 is 1.65 bits per heavy atom. The van der Waals surface area contributed by atoms with Gasteiger partial charge in [-0.25, -0.2) is 4.98 Å². The van der Waals surface area contributed by atoms with Gasteiger partial charge in [0, 0.05) is 25.2 Å². The van der Waals surface area contributed by atoms with Crippen LogP contribution in [0.2, 0.25) is 0 Å². The van der Waals surface area contributed by atoms with Crippen molar-refractivity contribution < 1.29 is 4.79 Å². The summed E-state index contributed by atoms with van der Waals surface area (Å²) in [6.45, 7) is 0.557. The second kappa shape index (κ2) is 4.96.